The number of nitrogens with zero attached hydrogens (tertiary/aromatic N) is 3. The number of rotatable bonds is 9. The SMILES string of the molecule is COCC(=O)N[C@@H]1CN(C(=O)CCCCc2ccccc2)C[C@H]1c1nccn1C. The Balaban J connectivity index is 1.55. The summed E-state index contributed by atoms with van der Waals surface area (Å²) in [5, 5.41) is 3.01. The van der Waals surface area contributed by atoms with Gasteiger partial charge in [-0.3, -0.25) is 9.59 Å². The summed E-state index contributed by atoms with van der Waals surface area (Å²) in [7, 11) is 3.43. The summed E-state index contributed by atoms with van der Waals surface area (Å²) in [6, 6.07) is 10.2. The number of benzene rings is 1. The topological polar surface area (TPSA) is 76.5 Å². The van der Waals surface area contributed by atoms with Crippen molar-refractivity contribution in [2.75, 3.05) is 26.8 Å². The molecule has 1 fully saturated rings. The minimum Gasteiger partial charge on any atom is -0.375 e. The van der Waals surface area contributed by atoms with Gasteiger partial charge in [0.1, 0.15) is 12.4 Å². The minimum atomic E-state index is -0.172. The Morgan fingerprint density at radius 2 is 2.00 bits per heavy atom. The first kappa shape index (κ1) is 21.0. The number of likely N-dealkylation sites (tertiary alicyclic amines) is 1. The van der Waals surface area contributed by atoms with Crippen LogP contribution >= 0.6 is 0 Å². The van der Waals surface area contributed by atoms with E-state index in [-0.39, 0.29) is 30.4 Å². The zero-order valence-electron chi connectivity index (χ0n) is 17.2. The fourth-order valence-corrected chi connectivity index (χ4v) is 3.94. The number of aromatic nitrogens is 2. The van der Waals surface area contributed by atoms with Crippen molar-refractivity contribution in [2.45, 2.75) is 37.6 Å². The molecule has 1 N–H and O–H groups in total. The molecule has 0 saturated carbocycles. The molecule has 7 heteroatoms. The molecule has 0 bridgehead atoms. The largest absolute Gasteiger partial charge is 0.375 e. The van der Waals surface area contributed by atoms with Gasteiger partial charge in [-0.05, 0) is 24.8 Å². The van der Waals surface area contributed by atoms with Crippen LogP contribution in [0.3, 0.4) is 0 Å². The van der Waals surface area contributed by atoms with E-state index in [2.05, 4.69) is 22.4 Å². The summed E-state index contributed by atoms with van der Waals surface area (Å²) in [5.41, 5.74) is 1.30. The number of ether oxygens (including phenoxy) is 1. The van der Waals surface area contributed by atoms with Crippen molar-refractivity contribution in [1.29, 1.82) is 0 Å². The Morgan fingerprint density at radius 3 is 2.69 bits per heavy atom. The smallest absolute Gasteiger partial charge is 0.246 e. The van der Waals surface area contributed by atoms with Crippen LogP contribution in [0, 0.1) is 0 Å². The molecule has 29 heavy (non-hydrogen) atoms. The maximum absolute atomic E-state index is 12.8. The Kier molecular flexibility index (Phi) is 7.41. The van der Waals surface area contributed by atoms with E-state index >= 15 is 0 Å². The van der Waals surface area contributed by atoms with Crippen LogP contribution in [0.5, 0.6) is 0 Å². The average Bonchev–Trinajstić information content (AvgIpc) is 3.32. The standard InChI is InChI=1S/C22H30N4O3/c1-25-13-12-23-22(25)18-14-26(15-19(18)24-20(27)16-29-2)21(28)11-7-6-10-17-8-4-3-5-9-17/h3-5,8-9,12-13,18-19H,6-7,10-11,14-16H2,1-2H3,(H,24,27)/t18-,19-/m1/s1. The molecule has 2 aromatic rings. The summed E-state index contributed by atoms with van der Waals surface area (Å²) >= 11 is 0. The Hall–Kier alpha value is -2.67. The number of hydrogen-bond donors (Lipinski definition) is 1. The number of amides is 2. The first-order valence-corrected chi connectivity index (χ1v) is 10.2. The molecular weight excluding hydrogens is 368 g/mol. The number of hydrogen-bond acceptors (Lipinski definition) is 4. The number of carbonyl (C=O) groups excluding carboxylic acids is 2. The lowest BCUT2D eigenvalue weighted by atomic mass is 10.0. The average molecular weight is 399 g/mol. The molecule has 1 aliphatic rings. The monoisotopic (exact) mass is 398 g/mol. The highest BCUT2D eigenvalue weighted by Crippen LogP contribution is 2.27. The van der Waals surface area contributed by atoms with Gasteiger partial charge in [0.25, 0.3) is 0 Å². The van der Waals surface area contributed by atoms with Crippen molar-refractivity contribution in [1.82, 2.24) is 19.8 Å². The fraction of sp³-hybridized carbons (Fsp3) is 0.500. The van der Waals surface area contributed by atoms with Crippen LogP contribution in [0.25, 0.3) is 0 Å². The quantitative estimate of drug-likeness (QED) is 0.655. The molecule has 0 spiro atoms. The lowest BCUT2D eigenvalue weighted by Crippen LogP contribution is -2.42. The number of imidazole rings is 1. The molecule has 1 aromatic carbocycles. The maximum atomic E-state index is 12.8. The zero-order chi connectivity index (χ0) is 20.6. The van der Waals surface area contributed by atoms with E-state index in [1.165, 1.54) is 12.7 Å². The van der Waals surface area contributed by atoms with Gasteiger partial charge in [-0.25, -0.2) is 4.98 Å². The summed E-state index contributed by atoms with van der Waals surface area (Å²) in [6.45, 7) is 1.09. The van der Waals surface area contributed by atoms with Gasteiger partial charge in [-0.15, -0.1) is 0 Å². The molecule has 0 aliphatic carbocycles. The van der Waals surface area contributed by atoms with Gasteiger partial charge in [0.15, 0.2) is 0 Å². The highest BCUT2D eigenvalue weighted by Gasteiger charge is 2.38. The van der Waals surface area contributed by atoms with Gasteiger partial charge in [0.05, 0.1) is 12.0 Å². The molecule has 2 atom stereocenters. The second-order valence-corrected chi connectivity index (χ2v) is 7.60. The van der Waals surface area contributed by atoms with Crippen LogP contribution in [0.2, 0.25) is 0 Å². The van der Waals surface area contributed by atoms with Crippen molar-refractivity contribution in [2.24, 2.45) is 7.05 Å². The second kappa shape index (κ2) is 10.2. The molecule has 1 saturated heterocycles. The third-order valence-corrected chi connectivity index (χ3v) is 5.43. The van der Waals surface area contributed by atoms with Crippen molar-refractivity contribution in [3.63, 3.8) is 0 Å². The molecule has 0 radical (unpaired) electrons. The number of nitrogens with one attached hydrogen (secondary N) is 1. The van der Waals surface area contributed by atoms with E-state index in [9.17, 15) is 9.59 Å². The second-order valence-electron chi connectivity index (χ2n) is 7.60. The zero-order valence-corrected chi connectivity index (χ0v) is 17.2. The van der Waals surface area contributed by atoms with E-state index < -0.39 is 0 Å². The van der Waals surface area contributed by atoms with Gasteiger partial charge in [0.2, 0.25) is 11.8 Å². The van der Waals surface area contributed by atoms with Crippen LogP contribution < -0.4 is 5.32 Å². The first-order chi connectivity index (χ1) is 14.1. The molecule has 2 heterocycles. The summed E-state index contributed by atoms with van der Waals surface area (Å²) in [6.07, 6.45) is 6.99. The third kappa shape index (κ3) is 5.67. The Labute approximate surface area is 172 Å². The number of carbonyl (C=O) groups is 2. The third-order valence-electron chi connectivity index (χ3n) is 5.43. The van der Waals surface area contributed by atoms with E-state index in [0.29, 0.717) is 19.5 Å². The molecule has 3 rings (SSSR count). The van der Waals surface area contributed by atoms with Crippen LogP contribution in [0.4, 0.5) is 0 Å². The van der Waals surface area contributed by atoms with E-state index in [1.54, 1.807) is 6.20 Å². The van der Waals surface area contributed by atoms with Gasteiger partial charge in [0, 0.05) is 46.1 Å². The molecule has 156 valence electrons. The van der Waals surface area contributed by atoms with Gasteiger partial charge < -0.3 is 19.5 Å². The van der Waals surface area contributed by atoms with Crippen molar-refractivity contribution in [3.05, 3.63) is 54.1 Å². The first-order valence-electron chi connectivity index (χ1n) is 10.2. The van der Waals surface area contributed by atoms with Crippen LogP contribution in [0.1, 0.15) is 36.6 Å². The van der Waals surface area contributed by atoms with Crippen molar-refractivity contribution >= 4 is 11.8 Å². The lowest BCUT2D eigenvalue weighted by Gasteiger charge is -2.19. The van der Waals surface area contributed by atoms with Crippen LogP contribution in [0.15, 0.2) is 42.7 Å². The highest BCUT2D eigenvalue weighted by molar-refractivity contribution is 5.79. The lowest BCUT2D eigenvalue weighted by molar-refractivity contribution is -0.131. The number of aryl methyl sites for hydroxylation is 2. The predicted octanol–water partition coefficient (Wildman–Crippen LogP) is 1.89. The maximum Gasteiger partial charge on any atom is 0.246 e. The summed E-state index contributed by atoms with van der Waals surface area (Å²) < 4.78 is 6.88. The highest BCUT2D eigenvalue weighted by atomic mass is 16.5. The Bertz CT molecular complexity index is 805. The molecule has 0 unspecified atom stereocenters. The van der Waals surface area contributed by atoms with Crippen LogP contribution in [-0.4, -0.2) is 59.1 Å². The van der Waals surface area contributed by atoms with E-state index in [4.69, 9.17) is 4.74 Å². The van der Waals surface area contributed by atoms with Gasteiger partial charge >= 0.3 is 0 Å². The molecule has 2 amide bonds. The molecule has 7 nitrogen and oxygen atoms in total. The van der Waals surface area contributed by atoms with E-state index in [0.717, 1.165) is 25.1 Å². The summed E-state index contributed by atoms with van der Waals surface area (Å²) in [5.74, 6) is 0.825. The normalized spacial score (nSPS) is 18.8. The molecular formula is C22H30N4O3. The Morgan fingerprint density at radius 1 is 1.21 bits per heavy atom. The number of methoxy groups -OCH3 is 1. The van der Waals surface area contributed by atoms with Gasteiger partial charge in [-0.1, -0.05) is 30.3 Å². The molecule has 1 aromatic heterocycles. The minimum absolute atomic E-state index is 0.0111. The van der Waals surface area contributed by atoms with Crippen LogP contribution in [-0.2, 0) is 27.8 Å². The van der Waals surface area contributed by atoms with Gasteiger partial charge in [-0.2, -0.15) is 0 Å². The van der Waals surface area contributed by atoms with Crippen molar-refractivity contribution in [3.8, 4) is 0 Å². The number of unbranched alkanes of at least 4 members (excludes halogenated alkanes) is 1. The fourth-order valence-electron chi connectivity index (χ4n) is 3.94. The molecule has 1 aliphatic heterocycles. The van der Waals surface area contributed by atoms with E-state index in [1.807, 2.05) is 40.9 Å². The summed E-state index contributed by atoms with van der Waals surface area (Å²) in [4.78, 5) is 31.1. The van der Waals surface area contributed by atoms with Crippen molar-refractivity contribution < 1.29 is 14.3 Å². The predicted molar refractivity (Wildman–Crippen MR) is 110 cm³/mol.